The lowest BCUT2D eigenvalue weighted by molar-refractivity contribution is 0.225. The maximum atomic E-state index is 3.53. The number of nitrogens with zero attached hydrogens (tertiary/aromatic N) is 1. The number of benzene rings is 1. The molecule has 3 rings (SSSR count). The highest BCUT2D eigenvalue weighted by Crippen LogP contribution is 2.48. The minimum absolute atomic E-state index is 0. The van der Waals surface area contributed by atoms with Crippen LogP contribution in [0.3, 0.4) is 0 Å². The first-order valence-corrected chi connectivity index (χ1v) is 8.63. The summed E-state index contributed by atoms with van der Waals surface area (Å²) in [6.45, 7) is 4.89. The number of halogens is 2. The Balaban J connectivity index is 0.00000161. The standard InChI is InChI=1S/C17H25BrN2.ClH/c1-20(12-14-6-10-19-11-7-14)13-17(8-9-17)15-2-4-16(18)5-3-15;/h2-5,14,19H,6-13H2,1H3;1H. The molecule has 1 N–H and O–H groups in total. The Morgan fingerprint density at radius 1 is 1.19 bits per heavy atom. The van der Waals surface area contributed by atoms with Gasteiger partial charge in [-0.1, -0.05) is 28.1 Å². The van der Waals surface area contributed by atoms with Gasteiger partial charge in [0.05, 0.1) is 0 Å². The Labute approximate surface area is 143 Å². The van der Waals surface area contributed by atoms with Gasteiger partial charge in [0.2, 0.25) is 0 Å². The largest absolute Gasteiger partial charge is 0.317 e. The van der Waals surface area contributed by atoms with Gasteiger partial charge in [0.1, 0.15) is 0 Å². The van der Waals surface area contributed by atoms with Gasteiger partial charge in [0, 0.05) is 23.0 Å². The summed E-state index contributed by atoms with van der Waals surface area (Å²) < 4.78 is 1.18. The quantitative estimate of drug-likeness (QED) is 0.843. The van der Waals surface area contributed by atoms with Crippen molar-refractivity contribution in [2.75, 3.05) is 33.2 Å². The van der Waals surface area contributed by atoms with Gasteiger partial charge >= 0.3 is 0 Å². The molecule has 1 aliphatic carbocycles. The molecule has 0 spiro atoms. The highest BCUT2D eigenvalue weighted by atomic mass is 79.9. The molecule has 2 nitrogen and oxygen atoms in total. The minimum atomic E-state index is 0. The van der Waals surface area contributed by atoms with E-state index < -0.39 is 0 Å². The summed E-state index contributed by atoms with van der Waals surface area (Å²) in [5.41, 5.74) is 1.97. The predicted molar refractivity (Wildman–Crippen MR) is 95.4 cm³/mol. The Morgan fingerprint density at radius 3 is 2.38 bits per heavy atom. The van der Waals surface area contributed by atoms with Crippen LogP contribution in [0.1, 0.15) is 31.2 Å². The molecule has 21 heavy (non-hydrogen) atoms. The van der Waals surface area contributed by atoms with E-state index in [0.29, 0.717) is 5.41 Å². The SMILES string of the molecule is CN(CC1CCNCC1)CC1(c2ccc(Br)cc2)CC1.Cl. The lowest BCUT2D eigenvalue weighted by atomic mass is 9.93. The summed E-state index contributed by atoms with van der Waals surface area (Å²) in [7, 11) is 2.31. The summed E-state index contributed by atoms with van der Waals surface area (Å²) in [4.78, 5) is 2.57. The highest BCUT2D eigenvalue weighted by molar-refractivity contribution is 9.10. The molecule has 118 valence electrons. The summed E-state index contributed by atoms with van der Waals surface area (Å²) >= 11 is 3.53. The highest BCUT2D eigenvalue weighted by Gasteiger charge is 2.44. The maximum absolute atomic E-state index is 3.53. The summed E-state index contributed by atoms with van der Waals surface area (Å²) in [5, 5.41) is 3.46. The summed E-state index contributed by atoms with van der Waals surface area (Å²) in [6, 6.07) is 8.97. The van der Waals surface area contributed by atoms with Crippen molar-refractivity contribution in [3.05, 3.63) is 34.3 Å². The van der Waals surface area contributed by atoms with Crippen molar-refractivity contribution in [1.82, 2.24) is 10.2 Å². The molecule has 4 heteroatoms. The molecule has 0 bridgehead atoms. The molecule has 0 radical (unpaired) electrons. The van der Waals surface area contributed by atoms with E-state index >= 15 is 0 Å². The zero-order valence-corrected chi connectivity index (χ0v) is 15.2. The molecule has 0 unspecified atom stereocenters. The van der Waals surface area contributed by atoms with Gasteiger partial charge in [0.25, 0.3) is 0 Å². The van der Waals surface area contributed by atoms with Crippen molar-refractivity contribution in [2.45, 2.75) is 31.1 Å². The van der Waals surface area contributed by atoms with Crippen molar-refractivity contribution in [3.63, 3.8) is 0 Å². The number of piperidine rings is 1. The van der Waals surface area contributed by atoms with E-state index in [2.05, 4.69) is 57.5 Å². The molecule has 1 saturated heterocycles. The van der Waals surface area contributed by atoms with Crippen LogP contribution >= 0.6 is 28.3 Å². The van der Waals surface area contributed by atoms with Crippen molar-refractivity contribution in [2.24, 2.45) is 5.92 Å². The molecule has 0 atom stereocenters. The number of hydrogen-bond acceptors (Lipinski definition) is 2. The second-order valence-electron chi connectivity index (χ2n) is 6.68. The molecule has 1 aromatic carbocycles. The third kappa shape index (κ3) is 4.44. The molecule has 1 saturated carbocycles. The van der Waals surface area contributed by atoms with Gasteiger partial charge in [0.15, 0.2) is 0 Å². The van der Waals surface area contributed by atoms with Crippen molar-refractivity contribution in [1.29, 1.82) is 0 Å². The zero-order valence-electron chi connectivity index (χ0n) is 12.8. The van der Waals surface area contributed by atoms with Gasteiger partial charge in [-0.3, -0.25) is 0 Å². The molecule has 1 aromatic rings. The fourth-order valence-electron chi connectivity index (χ4n) is 3.58. The van der Waals surface area contributed by atoms with Crippen LogP contribution in [-0.4, -0.2) is 38.1 Å². The Bertz CT molecular complexity index is 439. The smallest absolute Gasteiger partial charge is 0.0175 e. The summed E-state index contributed by atoms with van der Waals surface area (Å²) in [6.07, 6.45) is 5.39. The number of rotatable bonds is 5. The van der Waals surface area contributed by atoms with Gasteiger partial charge in [-0.05, 0) is 69.4 Å². The van der Waals surface area contributed by atoms with Crippen molar-refractivity contribution in [3.8, 4) is 0 Å². The van der Waals surface area contributed by atoms with E-state index in [0.717, 1.165) is 5.92 Å². The van der Waals surface area contributed by atoms with Crippen LogP contribution in [0.5, 0.6) is 0 Å². The van der Waals surface area contributed by atoms with Crippen LogP contribution in [0.4, 0.5) is 0 Å². The van der Waals surface area contributed by atoms with Crippen LogP contribution in [0.25, 0.3) is 0 Å². The molecule has 0 aromatic heterocycles. The maximum Gasteiger partial charge on any atom is 0.0175 e. The molecular formula is C17H26BrClN2. The van der Waals surface area contributed by atoms with E-state index in [4.69, 9.17) is 0 Å². The molecule has 2 fully saturated rings. The van der Waals surface area contributed by atoms with Gasteiger partial charge in [-0.2, -0.15) is 0 Å². The predicted octanol–water partition coefficient (Wildman–Crippen LogP) is 3.83. The van der Waals surface area contributed by atoms with Crippen LogP contribution in [-0.2, 0) is 5.41 Å². The zero-order chi connectivity index (χ0) is 14.0. The lowest BCUT2D eigenvalue weighted by Crippen LogP contribution is -2.37. The molecule has 2 aliphatic rings. The first-order chi connectivity index (χ1) is 9.68. The monoisotopic (exact) mass is 372 g/mol. The number of hydrogen-bond donors (Lipinski definition) is 1. The average Bonchev–Trinajstić information content (AvgIpc) is 3.21. The molecule has 1 heterocycles. The fourth-order valence-corrected chi connectivity index (χ4v) is 3.84. The first kappa shape index (κ1) is 17.3. The molecule has 1 aliphatic heterocycles. The van der Waals surface area contributed by atoms with Gasteiger partial charge < -0.3 is 10.2 Å². The Morgan fingerprint density at radius 2 is 1.81 bits per heavy atom. The Hall–Kier alpha value is -0.0900. The average molecular weight is 374 g/mol. The molecule has 0 amide bonds. The van der Waals surface area contributed by atoms with Gasteiger partial charge in [-0.25, -0.2) is 0 Å². The second-order valence-corrected chi connectivity index (χ2v) is 7.59. The normalized spacial score (nSPS) is 21.1. The number of nitrogens with one attached hydrogen (secondary N) is 1. The molecular weight excluding hydrogens is 348 g/mol. The fraction of sp³-hybridized carbons (Fsp3) is 0.647. The summed E-state index contributed by atoms with van der Waals surface area (Å²) in [5.74, 6) is 0.891. The van der Waals surface area contributed by atoms with Crippen molar-refractivity contribution >= 4 is 28.3 Å². The third-order valence-corrected chi connectivity index (χ3v) is 5.44. The van der Waals surface area contributed by atoms with E-state index in [1.54, 1.807) is 0 Å². The van der Waals surface area contributed by atoms with Crippen LogP contribution in [0, 0.1) is 5.92 Å². The third-order valence-electron chi connectivity index (χ3n) is 4.91. The van der Waals surface area contributed by atoms with Crippen LogP contribution in [0.2, 0.25) is 0 Å². The second kappa shape index (κ2) is 7.45. The van der Waals surface area contributed by atoms with E-state index in [1.807, 2.05) is 0 Å². The van der Waals surface area contributed by atoms with Crippen LogP contribution < -0.4 is 5.32 Å². The van der Waals surface area contributed by atoms with Gasteiger partial charge in [-0.15, -0.1) is 12.4 Å². The van der Waals surface area contributed by atoms with E-state index in [-0.39, 0.29) is 12.4 Å². The van der Waals surface area contributed by atoms with E-state index in [9.17, 15) is 0 Å². The Kier molecular flexibility index (Phi) is 6.13. The lowest BCUT2D eigenvalue weighted by Gasteiger charge is -2.30. The van der Waals surface area contributed by atoms with E-state index in [1.165, 1.54) is 61.9 Å². The topological polar surface area (TPSA) is 15.3 Å². The van der Waals surface area contributed by atoms with Crippen molar-refractivity contribution < 1.29 is 0 Å². The number of likely N-dealkylation sites (N-methyl/N-ethyl adjacent to an activating group) is 1. The minimum Gasteiger partial charge on any atom is -0.317 e. The first-order valence-electron chi connectivity index (χ1n) is 7.83. The van der Waals surface area contributed by atoms with Crippen LogP contribution in [0.15, 0.2) is 28.7 Å².